The number of esters is 1. The summed E-state index contributed by atoms with van der Waals surface area (Å²) in [5.74, 6) is -0.942. The summed E-state index contributed by atoms with van der Waals surface area (Å²) in [6.45, 7) is 3.51. The molecule has 0 aromatic heterocycles. The Labute approximate surface area is 93.5 Å². The van der Waals surface area contributed by atoms with Crippen molar-refractivity contribution in [2.75, 3.05) is 6.61 Å². The SMILES string of the molecule is CCOC(=O)Cc1cc(C#N)cc(C)c1F. The Bertz CT molecular complexity index is 449. The molecule has 0 N–H and O–H groups in total. The summed E-state index contributed by atoms with van der Waals surface area (Å²) < 4.78 is 18.3. The molecule has 84 valence electrons. The predicted molar refractivity (Wildman–Crippen MR) is 56.2 cm³/mol. The molecule has 0 aliphatic heterocycles. The van der Waals surface area contributed by atoms with Crippen molar-refractivity contribution in [2.45, 2.75) is 20.3 Å². The number of rotatable bonds is 3. The number of halogens is 1. The predicted octanol–water partition coefficient (Wildman–Crippen LogP) is 2.11. The Morgan fingerprint density at radius 3 is 2.81 bits per heavy atom. The number of carbonyl (C=O) groups excluding carboxylic acids is 1. The molecule has 1 aromatic rings. The molecule has 0 saturated carbocycles. The molecule has 0 amide bonds. The third-order valence-corrected chi connectivity index (χ3v) is 2.10. The monoisotopic (exact) mass is 221 g/mol. The molecule has 0 atom stereocenters. The molecule has 0 aliphatic rings. The lowest BCUT2D eigenvalue weighted by molar-refractivity contribution is -0.142. The molecular formula is C12H12FNO2. The van der Waals surface area contributed by atoms with Crippen LogP contribution in [0.25, 0.3) is 0 Å². The summed E-state index contributed by atoms with van der Waals surface area (Å²) in [5.41, 5.74) is 0.909. The fourth-order valence-electron chi connectivity index (χ4n) is 1.40. The first-order chi connectivity index (χ1) is 7.58. The van der Waals surface area contributed by atoms with Crippen molar-refractivity contribution in [3.05, 3.63) is 34.6 Å². The van der Waals surface area contributed by atoms with Gasteiger partial charge in [0.05, 0.1) is 24.7 Å². The van der Waals surface area contributed by atoms with Crippen LogP contribution in [-0.2, 0) is 16.0 Å². The summed E-state index contributed by atoms with van der Waals surface area (Å²) in [6, 6.07) is 4.74. The molecule has 0 spiro atoms. The van der Waals surface area contributed by atoms with E-state index in [1.54, 1.807) is 13.8 Å². The molecule has 4 heteroatoms. The maximum atomic E-state index is 13.6. The third kappa shape index (κ3) is 2.80. The fourth-order valence-corrected chi connectivity index (χ4v) is 1.40. The smallest absolute Gasteiger partial charge is 0.310 e. The number of carbonyl (C=O) groups is 1. The van der Waals surface area contributed by atoms with Crippen molar-refractivity contribution in [1.29, 1.82) is 5.26 Å². The lowest BCUT2D eigenvalue weighted by atomic mass is 10.0. The molecule has 16 heavy (non-hydrogen) atoms. The van der Waals surface area contributed by atoms with Crippen LogP contribution in [-0.4, -0.2) is 12.6 Å². The first kappa shape index (κ1) is 12.2. The van der Waals surface area contributed by atoms with Crippen molar-refractivity contribution >= 4 is 5.97 Å². The summed E-state index contributed by atoms with van der Waals surface area (Å²) in [7, 11) is 0. The number of ether oxygens (including phenoxy) is 1. The average Bonchev–Trinajstić information content (AvgIpc) is 2.24. The molecule has 0 unspecified atom stereocenters. The van der Waals surface area contributed by atoms with Gasteiger partial charge in [-0.25, -0.2) is 4.39 Å². The Hall–Kier alpha value is -1.89. The lowest BCUT2D eigenvalue weighted by Crippen LogP contribution is -2.09. The van der Waals surface area contributed by atoms with Gasteiger partial charge in [-0.2, -0.15) is 5.26 Å². The molecule has 0 saturated heterocycles. The van der Waals surface area contributed by atoms with Crippen LogP contribution in [0.1, 0.15) is 23.6 Å². The maximum absolute atomic E-state index is 13.6. The molecule has 3 nitrogen and oxygen atoms in total. The van der Waals surface area contributed by atoms with E-state index in [-0.39, 0.29) is 18.6 Å². The van der Waals surface area contributed by atoms with E-state index >= 15 is 0 Å². The zero-order chi connectivity index (χ0) is 12.1. The van der Waals surface area contributed by atoms with Crippen molar-refractivity contribution in [3.8, 4) is 6.07 Å². The van der Waals surface area contributed by atoms with Gasteiger partial charge >= 0.3 is 5.97 Å². The van der Waals surface area contributed by atoms with E-state index in [9.17, 15) is 9.18 Å². The van der Waals surface area contributed by atoms with E-state index in [1.165, 1.54) is 12.1 Å². The Morgan fingerprint density at radius 2 is 2.25 bits per heavy atom. The minimum atomic E-state index is -0.490. The van der Waals surface area contributed by atoms with Crippen LogP contribution in [0.4, 0.5) is 4.39 Å². The highest BCUT2D eigenvalue weighted by atomic mass is 19.1. The van der Waals surface area contributed by atoms with Crippen LogP contribution >= 0.6 is 0 Å². The van der Waals surface area contributed by atoms with Crippen LogP contribution in [0.2, 0.25) is 0 Å². The van der Waals surface area contributed by atoms with E-state index < -0.39 is 11.8 Å². The van der Waals surface area contributed by atoms with Crippen molar-refractivity contribution in [3.63, 3.8) is 0 Å². The fraction of sp³-hybridized carbons (Fsp3) is 0.333. The number of nitrogens with zero attached hydrogens (tertiary/aromatic N) is 1. The molecule has 1 aromatic carbocycles. The number of nitriles is 1. The highest BCUT2D eigenvalue weighted by molar-refractivity contribution is 5.72. The van der Waals surface area contributed by atoms with Crippen LogP contribution in [0.5, 0.6) is 0 Å². The van der Waals surface area contributed by atoms with Gasteiger partial charge in [0.2, 0.25) is 0 Å². The highest BCUT2D eigenvalue weighted by Crippen LogP contribution is 2.16. The van der Waals surface area contributed by atoms with Gasteiger partial charge in [-0.3, -0.25) is 4.79 Å². The second-order valence-electron chi connectivity index (χ2n) is 3.36. The number of benzene rings is 1. The van der Waals surface area contributed by atoms with Crippen molar-refractivity contribution in [1.82, 2.24) is 0 Å². The summed E-state index contributed by atoms with van der Waals surface area (Å²) in [4.78, 5) is 11.2. The van der Waals surface area contributed by atoms with Gasteiger partial charge in [-0.1, -0.05) is 0 Å². The normalized spacial score (nSPS) is 9.62. The topological polar surface area (TPSA) is 50.1 Å². The lowest BCUT2D eigenvalue weighted by Gasteiger charge is -2.06. The van der Waals surface area contributed by atoms with Gasteiger partial charge in [-0.05, 0) is 31.5 Å². The van der Waals surface area contributed by atoms with Gasteiger partial charge in [0.1, 0.15) is 5.82 Å². The molecule has 0 aliphatic carbocycles. The molecule has 0 heterocycles. The standard InChI is InChI=1S/C12H12FNO2/c1-3-16-11(15)6-10-5-9(7-14)4-8(2)12(10)13/h4-5H,3,6H2,1-2H3. The van der Waals surface area contributed by atoms with Crippen LogP contribution < -0.4 is 0 Å². The second-order valence-corrected chi connectivity index (χ2v) is 3.36. The van der Waals surface area contributed by atoms with Gasteiger partial charge in [0, 0.05) is 5.56 Å². The molecular weight excluding hydrogens is 209 g/mol. The Balaban J connectivity index is 3.00. The summed E-state index contributed by atoms with van der Waals surface area (Å²) in [6.07, 6.45) is -0.143. The number of hydrogen-bond acceptors (Lipinski definition) is 3. The number of aryl methyl sites for hydroxylation is 1. The second kappa shape index (κ2) is 5.26. The number of hydrogen-bond donors (Lipinski definition) is 0. The first-order valence-corrected chi connectivity index (χ1v) is 4.93. The van der Waals surface area contributed by atoms with Crippen molar-refractivity contribution in [2.24, 2.45) is 0 Å². The van der Waals surface area contributed by atoms with Crippen LogP contribution in [0, 0.1) is 24.1 Å². The van der Waals surface area contributed by atoms with E-state index in [0.717, 1.165) is 0 Å². The van der Waals surface area contributed by atoms with Crippen LogP contribution in [0.15, 0.2) is 12.1 Å². The van der Waals surface area contributed by atoms with Crippen LogP contribution in [0.3, 0.4) is 0 Å². The van der Waals surface area contributed by atoms with E-state index in [1.807, 2.05) is 6.07 Å². The summed E-state index contributed by atoms with van der Waals surface area (Å²) >= 11 is 0. The largest absolute Gasteiger partial charge is 0.466 e. The van der Waals surface area contributed by atoms with Gasteiger partial charge in [-0.15, -0.1) is 0 Å². The van der Waals surface area contributed by atoms with Gasteiger partial charge in [0.25, 0.3) is 0 Å². The maximum Gasteiger partial charge on any atom is 0.310 e. The zero-order valence-electron chi connectivity index (χ0n) is 9.21. The highest BCUT2D eigenvalue weighted by Gasteiger charge is 2.12. The molecule has 1 rings (SSSR count). The van der Waals surface area contributed by atoms with Gasteiger partial charge < -0.3 is 4.74 Å². The average molecular weight is 221 g/mol. The van der Waals surface area contributed by atoms with Gasteiger partial charge in [0.15, 0.2) is 0 Å². The quantitative estimate of drug-likeness (QED) is 0.734. The summed E-state index contributed by atoms with van der Waals surface area (Å²) in [5, 5.41) is 8.73. The minimum absolute atomic E-state index is 0.143. The third-order valence-electron chi connectivity index (χ3n) is 2.10. The Morgan fingerprint density at radius 1 is 1.56 bits per heavy atom. The first-order valence-electron chi connectivity index (χ1n) is 4.93. The molecule has 0 bridgehead atoms. The minimum Gasteiger partial charge on any atom is -0.466 e. The molecule has 0 radical (unpaired) electrons. The van der Waals surface area contributed by atoms with E-state index in [2.05, 4.69) is 0 Å². The molecule has 0 fully saturated rings. The van der Waals surface area contributed by atoms with Crippen molar-refractivity contribution < 1.29 is 13.9 Å². The van der Waals surface area contributed by atoms with E-state index in [4.69, 9.17) is 10.00 Å². The van der Waals surface area contributed by atoms with E-state index in [0.29, 0.717) is 11.1 Å². The Kier molecular flexibility index (Phi) is 4.01. The zero-order valence-corrected chi connectivity index (χ0v) is 9.21.